The smallest absolute Gasteiger partial charge is 0.248 e. The van der Waals surface area contributed by atoms with Gasteiger partial charge in [-0.3, -0.25) is 19.3 Å². The summed E-state index contributed by atoms with van der Waals surface area (Å²) in [6.45, 7) is -0.0686. The summed E-state index contributed by atoms with van der Waals surface area (Å²) < 4.78 is 29.6. The zero-order valence-corrected chi connectivity index (χ0v) is 20.1. The van der Waals surface area contributed by atoms with Crippen molar-refractivity contribution in [3.8, 4) is 11.1 Å². The molecule has 1 atom stereocenters. The number of hydrogen-bond donors (Lipinski definition) is 2. The number of amides is 2. The van der Waals surface area contributed by atoms with Crippen molar-refractivity contribution in [2.24, 2.45) is 5.73 Å². The van der Waals surface area contributed by atoms with Crippen molar-refractivity contribution in [3.63, 3.8) is 0 Å². The van der Waals surface area contributed by atoms with Crippen molar-refractivity contribution in [2.75, 3.05) is 0 Å². The van der Waals surface area contributed by atoms with Gasteiger partial charge in [-0.05, 0) is 53.9 Å². The Balaban J connectivity index is 1.51. The van der Waals surface area contributed by atoms with E-state index in [1.807, 2.05) is 24.3 Å². The standard InChI is InChI=1S/C29H23F2N5O2/c30-22-11-18(12-23(31)15-22)13-25(35-27(37)17-36-26-9-2-1-5-21(26)16-34-36)28-24(8-4-10-33-28)19-6-3-7-20(14-19)29(32)38/h1-12,14-16,25H,13,17H2,(H2,32,38)(H,35,37). The summed E-state index contributed by atoms with van der Waals surface area (Å²) in [5.74, 6) is -2.38. The molecule has 7 nitrogen and oxygen atoms in total. The molecule has 9 heteroatoms. The zero-order valence-electron chi connectivity index (χ0n) is 20.1. The third-order valence-electron chi connectivity index (χ3n) is 6.17. The van der Waals surface area contributed by atoms with E-state index in [4.69, 9.17) is 5.73 Å². The molecule has 5 aromatic rings. The van der Waals surface area contributed by atoms with E-state index in [0.29, 0.717) is 27.9 Å². The highest BCUT2D eigenvalue weighted by Gasteiger charge is 2.22. The van der Waals surface area contributed by atoms with E-state index >= 15 is 0 Å². The lowest BCUT2D eigenvalue weighted by Crippen LogP contribution is -2.33. The highest BCUT2D eigenvalue weighted by atomic mass is 19.1. The van der Waals surface area contributed by atoms with Crippen molar-refractivity contribution < 1.29 is 18.4 Å². The summed E-state index contributed by atoms with van der Waals surface area (Å²) in [7, 11) is 0. The molecule has 2 heterocycles. The first-order valence-electron chi connectivity index (χ1n) is 11.9. The Morgan fingerprint density at radius 2 is 1.74 bits per heavy atom. The number of nitrogens with two attached hydrogens (primary N) is 1. The lowest BCUT2D eigenvalue weighted by molar-refractivity contribution is -0.122. The number of pyridine rings is 1. The van der Waals surface area contributed by atoms with Gasteiger partial charge in [-0.1, -0.05) is 36.4 Å². The lowest BCUT2D eigenvalue weighted by Gasteiger charge is -2.22. The van der Waals surface area contributed by atoms with Crippen LogP contribution in [0.2, 0.25) is 0 Å². The summed E-state index contributed by atoms with van der Waals surface area (Å²) in [5, 5.41) is 8.18. The fourth-order valence-electron chi connectivity index (χ4n) is 4.49. The number of primary amides is 1. The predicted octanol–water partition coefficient (Wildman–Crippen LogP) is 4.58. The van der Waals surface area contributed by atoms with Crippen molar-refractivity contribution in [3.05, 3.63) is 120 Å². The van der Waals surface area contributed by atoms with Crippen LogP contribution < -0.4 is 11.1 Å². The maximum absolute atomic E-state index is 14.0. The fraction of sp³-hybridized carbons (Fsp3) is 0.103. The van der Waals surface area contributed by atoms with E-state index in [2.05, 4.69) is 15.4 Å². The number of nitrogens with one attached hydrogen (secondary N) is 1. The first-order valence-corrected chi connectivity index (χ1v) is 11.9. The number of rotatable bonds is 8. The van der Waals surface area contributed by atoms with E-state index in [-0.39, 0.29) is 18.9 Å². The minimum atomic E-state index is -0.751. The largest absolute Gasteiger partial charge is 0.366 e. The van der Waals surface area contributed by atoms with Gasteiger partial charge in [-0.15, -0.1) is 0 Å². The molecule has 190 valence electrons. The van der Waals surface area contributed by atoms with Gasteiger partial charge in [-0.25, -0.2) is 8.78 Å². The molecule has 3 N–H and O–H groups in total. The summed E-state index contributed by atoms with van der Waals surface area (Å²) in [6.07, 6.45) is 3.32. The molecule has 0 saturated heterocycles. The SMILES string of the molecule is NC(=O)c1cccc(-c2cccnc2C(Cc2cc(F)cc(F)c2)NC(=O)Cn2ncc3ccccc32)c1. The molecule has 0 aliphatic carbocycles. The first kappa shape index (κ1) is 24.8. The van der Waals surface area contributed by atoms with Crippen molar-refractivity contribution in [1.29, 1.82) is 0 Å². The van der Waals surface area contributed by atoms with Crippen molar-refractivity contribution >= 4 is 22.7 Å². The Morgan fingerprint density at radius 1 is 0.947 bits per heavy atom. The fourth-order valence-corrected chi connectivity index (χ4v) is 4.49. The predicted molar refractivity (Wildman–Crippen MR) is 139 cm³/mol. The number of aromatic nitrogens is 3. The monoisotopic (exact) mass is 511 g/mol. The first-order chi connectivity index (χ1) is 18.4. The van der Waals surface area contributed by atoms with Crippen LogP contribution >= 0.6 is 0 Å². The molecule has 0 fully saturated rings. The molecule has 0 saturated carbocycles. The number of para-hydroxylation sites is 1. The number of carbonyl (C=O) groups is 2. The van der Waals surface area contributed by atoms with Crippen molar-refractivity contribution in [2.45, 2.75) is 19.0 Å². The van der Waals surface area contributed by atoms with Gasteiger partial charge in [-0.2, -0.15) is 5.10 Å². The van der Waals surface area contributed by atoms with E-state index in [1.165, 1.54) is 12.1 Å². The number of hydrogen-bond acceptors (Lipinski definition) is 4. The molecule has 1 unspecified atom stereocenters. The second-order valence-electron chi connectivity index (χ2n) is 8.84. The minimum absolute atomic E-state index is 0.0686. The summed E-state index contributed by atoms with van der Waals surface area (Å²) >= 11 is 0. The quantitative estimate of drug-likeness (QED) is 0.318. The number of carbonyl (C=O) groups excluding carboxylic acids is 2. The van der Waals surface area contributed by atoms with Crippen LogP contribution in [0.15, 0.2) is 91.3 Å². The molecule has 0 bridgehead atoms. The van der Waals surface area contributed by atoms with E-state index < -0.39 is 23.6 Å². The van der Waals surface area contributed by atoms with Crippen LogP contribution in [0.4, 0.5) is 8.78 Å². The average molecular weight is 512 g/mol. The number of benzene rings is 3. The highest BCUT2D eigenvalue weighted by Crippen LogP contribution is 2.30. The molecule has 0 spiro atoms. The van der Waals surface area contributed by atoms with Crippen LogP contribution in [-0.4, -0.2) is 26.6 Å². The van der Waals surface area contributed by atoms with Gasteiger partial charge in [0.1, 0.15) is 18.2 Å². The molecule has 0 aliphatic rings. The Morgan fingerprint density at radius 3 is 2.53 bits per heavy atom. The molecule has 5 rings (SSSR count). The maximum Gasteiger partial charge on any atom is 0.248 e. The summed E-state index contributed by atoms with van der Waals surface area (Å²) in [4.78, 5) is 29.5. The molecule has 38 heavy (non-hydrogen) atoms. The van der Waals surface area contributed by atoms with Crippen LogP contribution in [0, 0.1) is 11.6 Å². The van der Waals surface area contributed by atoms with Crippen LogP contribution in [0.3, 0.4) is 0 Å². The van der Waals surface area contributed by atoms with Crippen LogP contribution in [0.1, 0.15) is 27.7 Å². The van der Waals surface area contributed by atoms with Crippen molar-refractivity contribution in [1.82, 2.24) is 20.1 Å². The van der Waals surface area contributed by atoms with E-state index in [0.717, 1.165) is 17.0 Å². The van der Waals surface area contributed by atoms with Crippen LogP contribution in [0.5, 0.6) is 0 Å². The third-order valence-corrected chi connectivity index (χ3v) is 6.17. The van der Waals surface area contributed by atoms with Gasteiger partial charge in [0, 0.05) is 28.8 Å². The summed E-state index contributed by atoms with van der Waals surface area (Å²) in [6, 6.07) is 20.3. The minimum Gasteiger partial charge on any atom is -0.366 e. The molecule has 2 amide bonds. The average Bonchev–Trinajstić information content (AvgIpc) is 3.30. The number of nitrogens with zero attached hydrogens (tertiary/aromatic N) is 3. The third kappa shape index (κ3) is 5.41. The van der Waals surface area contributed by atoms with E-state index in [9.17, 15) is 18.4 Å². The lowest BCUT2D eigenvalue weighted by atomic mass is 9.94. The number of halogens is 2. The second-order valence-corrected chi connectivity index (χ2v) is 8.84. The van der Waals surface area contributed by atoms with Gasteiger partial charge in [0.05, 0.1) is 23.4 Å². The van der Waals surface area contributed by atoms with Gasteiger partial charge < -0.3 is 11.1 Å². The Labute approximate surface area is 216 Å². The molecule has 0 radical (unpaired) electrons. The molecular formula is C29H23F2N5O2. The molecular weight excluding hydrogens is 488 g/mol. The van der Waals surface area contributed by atoms with E-state index in [1.54, 1.807) is 53.5 Å². The van der Waals surface area contributed by atoms with Gasteiger partial charge in [0.25, 0.3) is 0 Å². The van der Waals surface area contributed by atoms with Gasteiger partial charge >= 0.3 is 0 Å². The Bertz CT molecular complexity index is 1630. The second kappa shape index (κ2) is 10.6. The Kier molecular flexibility index (Phi) is 6.90. The molecule has 2 aromatic heterocycles. The molecule has 3 aromatic carbocycles. The zero-order chi connectivity index (χ0) is 26.6. The highest BCUT2D eigenvalue weighted by molar-refractivity contribution is 5.94. The van der Waals surface area contributed by atoms with Gasteiger partial charge in [0.15, 0.2) is 0 Å². The molecule has 0 aliphatic heterocycles. The Hall–Kier alpha value is -4.92. The topological polar surface area (TPSA) is 103 Å². The number of fused-ring (bicyclic) bond motifs is 1. The van der Waals surface area contributed by atoms with Gasteiger partial charge in [0.2, 0.25) is 11.8 Å². The normalized spacial score (nSPS) is 11.8. The maximum atomic E-state index is 14.0. The van der Waals surface area contributed by atoms with Crippen LogP contribution in [-0.2, 0) is 17.8 Å². The summed E-state index contributed by atoms with van der Waals surface area (Å²) in [5.41, 5.74) is 8.70. The van der Waals surface area contributed by atoms with Crippen LogP contribution in [0.25, 0.3) is 22.0 Å².